The number of piperazine rings is 1. The Kier molecular flexibility index (Phi) is 8.82. The van der Waals surface area contributed by atoms with E-state index in [0.717, 1.165) is 39.0 Å². The highest BCUT2D eigenvalue weighted by Gasteiger charge is 2.37. The minimum absolute atomic E-state index is 0.271. The van der Waals surface area contributed by atoms with Gasteiger partial charge in [0, 0.05) is 43.8 Å². The van der Waals surface area contributed by atoms with Gasteiger partial charge in [-0.25, -0.2) is 4.79 Å². The molecule has 1 aliphatic rings. The van der Waals surface area contributed by atoms with Crippen LogP contribution >= 0.6 is 0 Å². The van der Waals surface area contributed by atoms with Crippen molar-refractivity contribution in [3.8, 4) is 23.0 Å². The monoisotopic (exact) mass is 633 g/mol. The van der Waals surface area contributed by atoms with Crippen LogP contribution in [-0.4, -0.2) is 56.5 Å². The summed E-state index contributed by atoms with van der Waals surface area (Å²) in [6.45, 7) is 12.6. The van der Waals surface area contributed by atoms with Crippen molar-refractivity contribution >= 4 is 22.7 Å². The van der Waals surface area contributed by atoms with Crippen molar-refractivity contribution in [1.82, 2.24) is 19.7 Å². The van der Waals surface area contributed by atoms with E-state index >= 15 is 0 Å². The maximum absolute atomic E-state index is 12.8. The fourth-order valence-electron chi connectivity index (χ4n) is 5.98. The molecular formula is C38H43N5O4. The van der Waals surface area contributed by atoms with Gasteiger partial charge in [0.05, 0.1) is 16.6 Å². The minimum Gasteiger partial charge on any atom is -0.473 e. The molecule has 0 radical (unpaired) electrons. The Labute approximate surface area is 276 Å². The van der Waals surface area contributed by atoms with Crippen LogP contribution in [0.5, 0.6) is 11.8 Å². The molecule has 0 atom stereocenters. The standard InChI is InChI=1S/C38H43N5O4/c1-37(2,3)47-36(44)42-21-22-43(38(4,5)26-42)29-17-18-30-32(23-29)41(6)40-34(30)31-19-20-33(45-24-27-13-9-7-10-14-27)39-35(31)46-25-28-15-11-8-12-16-28/h7-20,23H,21-22,24-26H2,1-6H3. The number of anilines is 1. The Morgan fingerprint density at radius 3 is 2.15 bits per heavy atom. The normalized spacial score (nSPS) is 14.7. The molecule has 6 rings (SSSR count). The Bertz CT molecular complexity index is 1850. The van der Waals surface area contributed by atoms with E-state index in [-0.39, 0.29) is 11.6 Å². The smallest absolute Gasteiger partial charge is 0.410 e. The number of ether oxygens (including phenoxy) is 3. The number of fused-ring (bicyclic) bond motifs is 1. The predicted molar refractivity (Wildman–Crippen MR) is 185 cm³/mol. The molecule has 244 valence electrons. The van der Waals surface area contributed by atoms with Crippen LogP contribution in [0, 0.1) is 0 Å². The zero-order valence-corrected chi connectivity index (χ0v) is 28.1. The van der Waals surface area contributed by atoms with Gasteiger partial charge in [0.25, 0.3) is 0 Å². The summed E-state index contributed by atoms with van der Waals surface area (Å²) in [6, 6.07) is 30.3. The van der Waals surface area contributed by atoms with Gasteiger partial charge in [0.15, 0.2) is 0 Å². The van der Waals surface area contributed by atoms with Gasteiger partial charge in [-0.3, -0.25) is 4.68 Å². The van der Waals surface area contributed by atoms with Crippen molar-refractivity contribution < 1.29 is 19.0 Å². The summed E-state index contributed by atoms with van der Waals surface area (Å²) in [5, 5.41) is 5.95. The fourth-order valence-corrected chi connectivity index (χ4v) is 5.98. The third-order valence-electron chi connectivity index (χ3n) is 8.24. The van der Waals surface area contributed by atoms with Crippen LogP contribution in [0.15, 0.2) is 91.0 Å². The van der Waals surface area contributed by atoms with Crippen molar-refractivity contribution in [3.05, 3.63) is 102 Å². The SMILES string of the molecule is Cn1nc(-c2ccc(OCc3ccccc3)nc2OCc2ccccc2)c2ccc(N3CCN(C(=O)OC(C)(C)C)CC3(C)C)cc21. The van der Waals surface area contributed by atoms with E-state index in [9.17, 15) is 4.79 Å². The van der Waals surface area contributed by atoms with Crippen LogP contribution < -0.4 is 14.4 Å². The minimum atomic E-state index is -0.530. The maximum atomic E-state index is 12.8. The molecule has 9 nitrogen and oxygen atoms in total. The second-order valence-electron chi connectivity index (χ2n) is 13.6. The van der Waals surface area contributed by atoms with Crippen molar-refractivity contribution in [2.24, 2.45) is 7.05 Å². The zero-order valence-electron chi connectivity index (χ0n) is 28.1. The molecule has 3 aromatic carbocycles. The van der Waals surface area contributed by atoms with Gasteiger partial charge < -0.3 is 24.0 Å². The molecule has 0 aliphatic carbocycles. The van der Waals surface area contributed by atoms with Crippen LogP contribution in [0.3, 0.4) is 0 Å². The van der Waals surface area contributed by atoms with Crippen LogP contribution in [-0.2, 0) is 25.0 Å². The molecule has 0 unspecified atom stereocenters. The highest BCUT2D eigenvalue weighted by molar-refractivity contribution is 5.96. The molecule has 5 aromatic rings. The van der Waals surface area contributed by atoms with E-state index in [1.807, 2.05) is 105 Å². The fraction of sp³-hybridized carbons (Fsp3) is 0.342. The molecule has 1 saturated heterocycles. The Morgan fingerprint density at radius 2 is 1.51 bits per heavy atom. The molecule has 0 bridgehead atoms. The highest BCUT2D eigenvalue weighted by atomic mass is 16.6. The molecule has 47 heavy (non-hydrogen) atoms. The van der Waals surface area contributed by atoms with Gasteiger partial charge in [-0.15, -0.1) is 0 Å². The molecule has 0 N–H and O–H groups in total. The zero-order chi connectivity index (χ0) is 33.2. The number of amides is 1. The first-order valence-electron chi connectivity index (χ1n) is 16.0. The molecule has 1 aliphatic heterocycles. The summed E-state index contributed by atoms with van der Waals surface area (Å²) in [4.78, 5) is 21.8. The van der Waals surface area contributed by atoms with Crippen LogP contribution in [0.25, 0.3) is 22.2 Å². The first kappa shape index (κ1) is 31.9. The van der Waals surface area contributed by atoms with Gasteiger partial charge in [-0.1, -0.05) is 60.7 Å². The van der Waals surface area contributed by atoms with Crippen LogP contribution in [0.2, 0.25) is 0 Å². The lowest BCUT2D eigenvalue weighted by atomic mass is 9.97. The van der Waals surface area contributed by atoms with E-state index in [4.69, 9.17) is 24.3 Å². The predicted octanol–water partition coefficient (Wildman–Crippen LogP) is 7.63. The quantitative estimate of drug-likeness (QED) is 0.174. The number of hydrogen-bond acceptors (Lipinski definition) is 7. The number of hydrogen-bond donors (Lipinski definition) is 0. The summed E-state index contributed by atoms with van der Waals surface area (Å²) in [6.07, 6.45) is -0.271. The lowest BCUT2D eigenvalue weighted by Gasteiger charge is -2.48. The molecule has 0 spiro atoms. The maximum Gasteiger partial charge on any atom is 0.410 e. The third kappa shape index (κ3) is 7.35. The number of benzene rings is 3. The van der Waals surface area contributed by atoms with Gasteiger partial charge in [-0.05, 0) is 70.0 Å². The van der Waals surface area contributed by atoms with Gasteiger partial charge in [-0.2, -0.15) is 10.1 Å². The van der Waals surface area contributed by atoms with E-state index < -0.39 is 5.60 Å². The summed E-state index contributed by atoms with van der Waals surface area (Å²) in [5.74, 6) is 0.943. The summed E-state index contributed by atoms with van der Waals surface area (Å²) in [7, 11) is 1.95. The highest BCUT2D eigenvalue weighted by Crippen LogP contribution is 2.38. The van der Waals surface area contributed by atoms with Gasteiger partial charge in [0.1, 0.15) is 24.5 Å². The molecule has 2 aromatic heterocycles. The van der Waals surface area contributed by atoms with Gasteiger partial charge in [0.2, 0.25) is 11.8 Å². The molecule has 9 heteroatoms. The topological polar surface area (TPSA) is 82.0 Å². The molecule has 3 heterocycles. The number of carbonyl (C=O) groups is 1. The van der Waals surface area contributed by atoms with Crippen molar-refractivity contribution in [1.29, 1.82) is 0 Å². The number of rotatable bonds is 8. The first-order valence-corrected chi connectivity index (χ1v) is 16.0. The first-order chi connectivity index (χ1) is 22.5. The largest absolute Gasteiger partial charge is 0.473 e. The number of aromatic nitrogens is 3. The van der Waals surface area contributed by atoms with Gasteiger partial charge >= 0.3 is 6.09 Å². The number of aryl methyl sites for hydroxylation is 1. The number of carbonyl (C=O) groups excluding carboxylic acids is 1. The third-order valence-corrected chi connectivity index (χ3v) is 8.24. The Balaban J connectivity index is 1.28. The summed E-state index contributed by atoms with van der Waals surface area (Å²) in [5.41, 5.74) is 4.91. The Hall–Kier alpha value is -5.05. The number of pyridine rings is 1. The van der Waals surface area contributed by atoms with E-state index in [1.165, 1.54) is 0 Å². The second kappa shape index (κ2) is 13.0. The van der Waals surface area contributed by atoms with Crippen LogP contribution in [0.1, 0.15) is 45.7 Å². The summed E-state index contributed by atoms with van der Waals surface area (Å²) < 4.78 is 20.0. The molecule has 1 amide bonds. The summed E-state index contributed by atoms with van der Waals surface area (Å²) >= 11 is 0. The second-order valence-corrected chi connectivity index (χ2v) is 13.6. The lowest BCUT2D eigenvalue weighted by molar-refractivity contribution is 0.0179. The van der Waals surface area contributed by atoms with E-state index in [2.05, 4.69) is 36.9 Å². The molecule has 1 fully saturated rings. The average Bonchev–Trinajstić information content (AvgIpc) is 3.37. The van der Waals surface area contributed by atoms with Crippen molar-refractivity contribution in [3.63, 3.8) is 0 Å². The van der Waals surface area contributed by atoms with E-state index in [0.29, 0.717) is 44.6 Å². The average molecular weight is 634 g/mol. The molecular weight excluding hydrogens is 590 g/mol. The molecule has 0 saturated carbocycles. The lowest BCUT2D eigenvalue weighted by Crippen LogP contribution is -2.61. The van der Waals surface area contributed by atoms with Crippen molar-refractivity contribution in [2.75, 3.05) is 24.5 Å². The van der Waals surface area contributed by atoms with Crippen molar-refractivity contribution in [2.45, 2.75) is 59.0 Å². The Morgan fingerprint density at radius 1 is 0.851 bits per heavy atom. The van der Waals surface area contributed by atoms with E-state index in [1.54, 1.807) is 4.90 Å². The number of nitrogens with zero attached hydrogens (tertiary/aromatic N) is 5. The van der Waals surface area contributed by atoms with Crippen LogP contribution in [0.4, 0.5) is 10.5 Å².